The van der Waals surface area contributed by atoms with Gasteiger partial charge in [-0.15, -0.1) is 10.2 Å². The van der Waals surface area contributed by atoms with Crippen molar-refractivity contribution in [3.05, 3.63) is 11.6 Å². The summed E-state index contributed by atoms with van der Waals surface area (Å²) in [6, 6.07) is 0. The predicted molar refractivity (Wildman–Crippen MR) is 98.4 cm³/mol. The molecule has 2 fully saturated rings. The summed E-state index contributed by atoms with van der Waals surface area (Å²) in [4.78, 5) is 7.28. The first-order valence-corrected chi connectivity index (χ1v) is 9.68. The lowest BCUT2D eigenvalue weighted by molar-refractivity contribution is -0.0559. The third kappa shape index (κ3) is 4.51. The number of aryl methyl sites for hydroxylation is 1. The van der Waals surface area contributed by atoms with Gasteiger partial charge in [0.05, 0.1) is 6.10 Å². The standard InChI is InChI=1S/C18H32N6O/c1-4-5-9-19-18(20-12-17-22-21-14(2)23(17)3)24-10-8-16-15(13-24)7-6-11-25-16/h15-16H,4-13H2,1-3H3,(H,19,20). The number of piperidine rings is 1. The van der Waals surface area contributed by atoms with Crippen molar-refractivity contribution in [1.29, 1.82) is 0 Å². The molecule has 1 aromatic heterocycles. The minimum Gasteiger partial charge on any atom is -0.378 e. The number of fused-ring (bicyclic) bond motifs is 1. The van der Waals surface area contributed by atoms with Crippen LogP contribution in [-0.4, -0.2) is 58.0 Å². The van der Waals surface area contributed by atoms with Gasteiger partial charge in [-0.2, -0.15) is 0 Å². The van der Waals surface area contributed by atoms with Crippen LogP contribution < -0.4 is 5.32 Å². The zero-order valence-corrected chi connectivity index (χ0v) is 15.9. The molecule has 25 heavy (non-hydrogen) atoms. The Kier molecular flexibility index (Phi) is 6.29. The first-order valence-electron chi connectivity index (χ1n) is 9.68. The van der Waals surface area contributed by atoms with Crippen LogP contribution in [0.15, 0.2) is 4.99 Å². The topological polar surface area (TPSA) is 67.6 Å². The van der Waals surface area contributed by atoms with Gasteiger partial charge in [-0.3, -0.25) is 0 Å². The summed E-state index contributed by atoms with van der Waals surface area (Å²) in [6.45, 7) is 8.70. The maximum atomic E-state index is 5.95. The summed E-state index contributed by atoms with van der Waals surface area (Å²) in [5.41, 5.74) is 0. The molecule has 2 atom stereocenters. The van der Waals surface area contributed by atoms with Crippen molar-refractivity contribution in [2.24, 2.45) is 18.0 Å². The van der Waals surface area contributed by atoms with E-state index in [1.807, 2.05) is 18.5 Å². The summed E-state index contributed by atoms with van der Waals surface area (Å²) >= 11 is 0. The fourth-order valence-electron chi connectivity index (χ4n) is 3.66. The van der Waals surface area contributed by atoms with E-state index in [0.717, 1.165) is 56.7 Å². The van der Waals surface area contributed by atoms with Crippen molar-refractivity contribution in [1.82, 2.24) is 25.0 Å². The quantitative estimate of drug-likeness (QED) is 0.500. The van der Waals surface area contributed by atoms with E-state index < -0.39 is 0 Å². The van der Waals surface area contributed by atoms with Gasteiger partial charge in [0.1, 0.15) is 12.4 Å². The molecular weight excluding hydrogens is 316 g/mol. The Morgan fingerprint density at radius 2 is 2.24 bits per heavy atom. The highest BCUT2D eigenvalue weighted by atomic mass is 16.5. The van der Waals surface area contributed by atoms with Crippen molar-refractivity contribution < 1.29 is 4.74 Å². The second-order valence-electron chi connectivity index (χ2n) is 7.19. The van der Waals surface area contributed by atoms with Crippen LogP contribution in [0, 0.1) is 12.8 Å². The SMILES string of the molecule is CCCCNC(=NCc1nnc(C)n1C)N1CCC2OCCCC2C1. The maximum Gasteiger partial charge on any atom is 0.194 e. The average Bonchev–Trinajstić information content (AvgIpc) is 2.96. The molecule has 1 aromatic rings. The van der Waals surface area contributed by atoms with Crippen LogP contribution in [0.4, 0.5) is 0 Å². The molecule has 2 aliphatic heterocycles. The predicted octanol–water partition coefficient (Wildman–Crippen LogP) is 1.87. The fraction of sp³-hybridized carbons (Fsp3) is 0.833. The number of guanidine groups is 1. The number of hydrogen-bond acceptors (Lipinski definition) is 4. The van der Waals surface area contributed by atoms with Crippen LogP contribution in [0.1, 0.15) is 50.7 Å². The highest BCUT2D eigenvalue weighted by Crippen LogP contribution is 2.28. The van der Waals surface area contributed by atoms with E-state index in [9.17, 15) is 0 Å². The highest BCUT2D eigenvalue weighted by Gasteiger charge is 2.33. The van der Waals surface area contributed by atoms with Crippen LogP contribution in [0.3, 0.4) is 0 Å². The van der Waals surface area contributed by atoms with Gasteiger partial charge >= 0.3 is 0 Å². The van der Waals surface area contributed by atoms with Gasteiger partial charge in [-0.25, -0.2) is 4.99 Å². The molecule has 3 rings (SSSR count). The monoisotopic (exact) mass is 348 g/mol. The number of ether oxygens (including phenoxy) is 1. The summed E-state index contributed by atoms with van der Waals surface area (Å²) in [5, 5.41) is 11.9. The van der Waals surface area contributed by atoms with Crippen molar-refractivity contribution >= 4 is 5.96 Å². The molecule has 0 amide bonds. The van der Waals surface area contributed by atoms with Gasteiger partial charge < -0.3 is 19.5 Å². The molecule has 0 bridgehead atoms. The lowest BCUT2D eigenvalue weighted by Crippen LogP contribution is -2.52. The van der Waals surface area contributed by atoms with E-state index in [0.29, 0.717) is 18.6 Å². The van der Waals surface area contributed by atoms with Crippen molar-refractivity contribution in [3.8, 4) is 0 Å². The molecule has 0 aromatic carbocycles. The number of unbranched alkanes of at least 4 members (excludes halogenated alkanes) is 1. The minimum atomic E-state index is 0.447. The van der Waals surface area contributed by atoms with E-state index in [1.54, 1.807) is 0 Å². The van der Waals surface area contributed by atoms with Gasteiger partial charge in [-0.05, 0) is 32.6 Å². The number of nitrogens with zero attached hydrogens (tertiary/aromatic N) is 5. The first kappa shape index (κ1) is 18.2. The molecule has 140 valence electrons. The Morgan fingerprint density at radius 1 is 1.36 bits per heavy atom. The Morgan fingerprint density at radius 3 is 3.00 bits per heavy atom. The van der Waals surface area contributed by atoms with Crippen LogP contribution in [0.2, 0.25) is 0 Å². The van der Waals surface area contributed by atoms with E-state index >= 15 is 0 Å². The number of aliphatic imine (C=N–C) groups is 1. The second kappa shape index (κ2) is 8.65. The van der Waals surface area contributed by atoms with Crippen LogP contribution in [0.25, 0.3) is 0 Å². The second-order valence-corrected chi connectivity index (χ2v) is 7.19. The molecule has 0 saturated carbocycles. The number of likely N-dealkylation sites (tertiary alicyclic amines) is 1. The molecule has 7 nitrogen and oxygen atoms in total. The third-order valence-corrected chi connectivity index (χ3v) is 5.38. The molecule has 0 radical (unpaired) electrons. The van der Waals surface area contributed by atoms with E-state index in [-0.39, 0.29) is 0 Å². The third-order valence-electron chi connectivity index (χ3n) is 5.38. The highest BCUT2D eigenvalue weighted by molar-refractivity contribution is 5.80. The largest absolute Gasteiger partial charge is 0.378 e. The van der Waals surface area contributed by atoms with Crippen molar-refractivity contribution in [2.45, 2.75) is 58.6 Å². The number of nitrogens with one attached hydrogen (secondary N) is 1. The summed E-state index contributed by atoms with van der Waals surface area (Å²) in [5.74, 6) is 3.48. The Labute approximate surface area is 150 Å². The molecule has 7 heteroatoms. The molecule has 3 heterocycles. The average molecular weight is 348 g/mol. The number of aromatic nitrogens is 3. The fourth-order valence-corrected chi connectivity index (χ4v) is 3.66. The summed E-state index contributed by atoms with van der Waals surface area (Å²) in [6.07, 6.45) is 6.34. The molecule has 2 saturated heterocycles. The van der Waals surface area contributed by atoms with E-state index in [2.05, 4.69) is 27.3 Å². The summed E-state index contributed by atoms with van der Waals surface area (Å²) < 4.78 is 7.96. The number of rotatable bonds is 5. The van der Waals surface area contributed by atoms with Gasteiger partial charge in [0, 0.05) is 39.2 Å². The molecule has 0 spiro atoms. The van der Waals surface area contributed by atoms with E-state index in [4.69, 9.17) is 9.73 Å². The lowest BCUT2D eigenvalue weighted by Gasteiger charge is -2.42. The van der Waals surface area contributed by atoms with Gasteiger partial charge in [0.15, 0.2) is 11.8 Å². The van der Waals surface area contributed by atoms with Crippen LogP contribution in [-0.2, 0) is 18.3 Å². The minimum absolute atomic E-state index is 0.447. The number of hydrogen-bond donors (Lipinski definition) is 1. The molecule has 1 N–H and O–H groups in total. The Hall–Kier alpha value is -1.63. The molecule has 0 aliphatic carbocycles. The Bertz CT molecular complexity index is 584. The van der Waals surface area contributed by atoms with Gasteiger partial charge in [-0.1, -0.05) is 13.3 Å². The van der Waals surface area contributed by atoms with Crippen LogP contribution >= 0.6 is 0 Å². The van der Waals surface area contributed by atoms with Crippen molar-refractivity contribution in [3.63, 3.8) is 0 Å². The first-order chi connectivity index (χ1) is 12.2. The van der Waals surface area contributed by atoms with Crippen molar-refractivity contribution in [2.75, 3.05) is 26.2 Å². The molecule has 2 unspecified atom stereocenters. The van der Waals surface area contributed by atoms with Crippen LogP contribution in [0.5, 0.6) is 0 Å². The zero-order chi connectivity index (χ0) is 17.6. The molecular formula is C18H32N6O. The normalized spacial score (nSPS) is 24.3. The molecule has 2 aliphatic rings. The maximum absolute atomic E-state index is 5.95. The zero-order valence-electron chi connectivity index (χ0n) is 15.9. The van der Waals surface area contributed by atoms with Gasteiger partial charge in [0.2, 0.25) is 0 Å². The Balaban J connectivity index is 1.67. The summed E-state index contributed by atoms with van der Waals surface area (Å²) in [7, 11) is 2.00. The van der Waals surface area contributed by atoms with E-state index in [1.165, 1.54) is 19.3 Å². The smallest absolute Gasteiger partial charge is 0.194 e. The van der Waals surface area contributed by atoms with Gasteiger partial charge in [0.25, 0.3) is 0 Å². The lowest BCUT2D eigenvalue weighted by atomic mass is 9.88.